The Kier molecular flexibility index (Phi) is 8.88. The van der Waals surface area contributed by atoms with Gasteiger partial charge >= 0.3 is 5.97 Å². The summed E-state index contributed by atoms with van der Waals surface area (Å²) in [5.41, 5.74) is 4.59. The van der Waals surface area contributed by atoms with Crippen molar-refractivity contribution in [1.29, 1.82) is 5.26 Å². The normalized spacial score (nSPS) is 14.3. The minimum absolute atomic E-state index is 0.0708. The molecule has 2 amide bonds. The number of thioether (sulfide) groups is 1. The van der Waals surface area contributed by atoms with Crippen molar-refractivity contribution < 1.29 is 28.7 Å². The van der Waals surface area contributed by atoms with Crippen LogP contribution < -0.4 is 9.64 Å². The number of esters is 1. The Labute approximate surface area is 258 Å². The van der Waals surface area contributed by atoms with Crippen molar-refractivity contribution in [1.82, 2.24) is 4.98 Å². The number of anilines is 1. The van der Waals surface area contributed by atoms with Crippen LogP contribution >= 0.6 is 11.8 Å². The molecule has 9 nitrogen and oxygen atoms in total. The van der Waals surface area contributed by atoms with Crippen molar-refractivity contribution in [3.05, 3.63) is 107 Å². The van der Waals surface area contributed by atoms with Crippen LogP contribution in [0, 0.1) is 25.2 Å². The average molecular weight is 606 g/mol. The summed E-state index contributed by atoms with van der Waals surface area (Å²) in [6.45, 7) is 3.39. The third-order valence-electron chi connectivity index (χ3n) is 7.09. The summed E-state index contributed by atoms with van der Waals surface area (Å²) >= 11 is 1.09. The number of rotatable bonds is 9. The van der Waals surface area contributed by atoms with E-state index in [2.05, 4.69) is 6.07 Å². The third-order valence-corrected chi connectivity index (χ3v) is 8.27. The van der Waals surface area contributed by atoms with E-state index in [1.165, 1.54) is 31.4 Å². The van der Waals surface area contributed by atoms with Gasteiger partial charge in [-0.2, -0.15) is 5.26 Å². The number of hydrogen-bond donors (Lipinski definition) is 0. The Morgan fingerprint density at radius 2 is 1.73 bits per heavy atom. The summed E-state index contributed by atoms with van der Waals surface area (Å²) in [7, 11) is 1.45. The monoisotopic (exact) mass is 605 g/mol. The number of ketones is 1. The molecule has 0 aliphatic carbocycles. The number of para-hydroxylation sites is 1. The van der Waals surface area contributed by atoms with Gasteiger partial charge in [0.15, 0.2) is 6.61 Å². The van der Waals surface area contributed by atoms with Crippen LogP contribution in [0.4, 0.5) is 5.69 Å². The van der Waals surface area contributed by atoms with E-state index < -0.39 is 35.4 Å². The first-order valence-electron chi connectivity index (χ1n) is 13.7. The number of Topliss-reactive ketones (excluding diaryl/α,β-unsaturated/α-hetero) is 1. The van der Waals surface area contributed by atoms with E-state index in [-0.39, 0.29) is 12.0 Å². The fourth-order valence-corrected chi connectivity index (χ4v) is 5.86. The topological polar surface area (TPSA) is 127 Å². The molecule has 5 rings (SSSR count). The maximum absolute atomic E-state index is 13.4. The van der Waals surface area contributed by atoms with Gasteiger partial charge in [-0.1, -0.05) is 53.7 Å². The predicted molar refractivity (Wildman–Crippen MR) is 165 cm³/mol. The van der Waals surface area contributed by atoms with E-state index in [1.54, 1.807) is 30.3 Å². The molecule has 1 aromatic heterocycles. The van der Waals surface area contributed by atoms with Gasteiger partial charge in [0.1, 0.15) is 16.8 Å². The SMILES string of the molecule is COc1ccccc1C(=O)COC(=O)c1ccc(N2C(=O)CC(Sc3nc(-c4ccc(C)cc4)c(C)cc3C#N)C2=O)cc1. The molecule has 44 heavy (non-hydrogen) atoms. The summed E-state index contributed by atoms with van der Waals surface area (Å²) in [5, 5.41) is 9.36. The van der Waals surface area contributed by atoms with Crippen LogP contribution in [0.1, 0.15) is 43.8 Å². The van der Waals surface area contributed by atoms with E-state index in [0.29, 0.717) is 33.3 Å². The minimum Gasteiger partial charge on any atom is -0.496 e. The van der Waals surface area contributed by atoms with Gasteiger partial charge < -0.3 is 9.47 Å². The van der Waals surface area contributed by atoms with Crippen LogP contribution in [0.2, 0.25) is 0 Å². The summed E-state index contributed by atoms with van der Waals surface area (Å²) in [6, 6.07) is 24.2. The average Bonchev–Trinajstić information content (AvgIpc) is 3.32. The van der Waals surface area contributed by atoms with Crippen LogP contribution in [0.3, 0.4) is 0 Å². The molecule has 4 aromatic rings. The molecule has 3 aromatic carbocycles. The summed E-state index contributed by atoms with van der Waals surface area (Å²) in [4.78, 5) is 57.3. The number of amides is 2. The van der Waals surface area contributed by atoms with E-state index in [9.17, 15) is 24.4 Å². The van der Waals surface area contributed by atoms with Gasteiger partial charge in [-0.05, 0) is 61.9 Å². The molecule has 1 saturated heterocycles. The fraction of sp³-hybridized carbons (Fsp3) is 0.176. The van der Waals surface area contributed by atoms with Gasteiger partial charge in [-0.3, -0.25) is 14.4 Å². The first-order valence-corrected chi connectivity index (χ1v) is 14.5. The number of methoxy groups -OCH3 is 1. The standard InChI is InChI=1S/C34H27N3O6S/c1-20-8-10-22(11-9-20)31-21(2)16-24(18-35)32(36-31)44-29-17-30(39)37(33(29)40)25-14-12-23(13-15-25)34(41)43-19-27(38)26-6-4-5-7-28(26)42-3/h4-16,29H,17,19H2,1-3H3. The number of aromatic nitrogens is 1. The van der Waals surface area contributed by atoms with Crippen molar-refractivity contribution in [3.63, 3.8) is 0 Å². The zero-order valence-corrected chi connectivity index (χ0v) is 25.0. The molecular formula is C34H27N3O6S. The lowest BCUT2D eigenvalue weighted by atomic mass is 10.0. The maximum Gasteiger partial charge on any atom is 0.338 e. The van der Waals surface area contributed by atoms with E-state index in [1.807, 2.05) is 38.1 Å². The second kappa shape index (κ2) is 12.9. The highest BCUT2D eigenvalue weighted by molar-refractivity contribution is 8.00. The van der Waals surface area contributed by atoms with Gasteiger partial charge in [0, 0.05) is 12.0 Å². The largest absolute Gasteiger partial charge is 0.496 e. The van der Waals surface area contributed by atoms with E-state index in [4.69, 9.17) is 14.5 Å². The molecule has 0 saturated carbocycles. The van der Waals surface area contributed by atoms with Crippen molar-refractivity contribution in [3.8, 4) is 23.1 Å². The van der Waals surface area contributed by atoms with Crippen molar-refractivity contribution >= 4 is 41.0 Å². The Balaban J connectivity index is 1.28. The fourth-order valence-electron chi connectivity index (χ4n) is 4.79. The smallest absolute Gasteiger partial charge is 0.338 e. The number of hydrogen-bond acceptors (Lipinski definition) is 9. The highest BCUT2D eigenvalue weighted by Gasteiger charge is 2.41. The number of benzene rings is 3. The van der Waals surface area contributed by atoms with Crippen molar-refractivity contribution in [2.24, 2.45) is 0 Å². The minimum atomic E-state index is -0.777. The van der Waals surface area contributed by atoms with Crippen molar-refractivity contribution in [2.45, 2.75) is 30.5 Å². The summed E-state index contributed by atoms with van der Waals surface area (Å²) in [5.74, 6) is -1.62. The van der Waals surface area contributed by atoms with Crippen LogP contribution in [0.15, 0.2) is 83.9 Å². The van der Waals surface area contributed by atoms with Crippen molar-refractivity contribution in [2.75, 3.05) is 18.6 Å². The molecule has 220 valence electrons. The van der Waals surface area contributed by atoms with Gasteiger partial charge in [-0.15, -0.1) is 0 Å². The number of carbonyl (C=O) groups excluding carboxylic acids is 4. The molecule has 0 bridgehead atoms. The van der Waals surface area contributed by atoms with Gasteiger partial charge in [-0.25, -0.2) is 14.7 Å². The second-order valence-corrected chi connectivity index (χ2v) is 11.3. The Morgan fingerprint density at radius 3 is 2.41 bits per heavy atom. The van der Waals surface area contributed by atoms with Crippen LogP contribution in [0.25, 0.3) is 11.3 Å². The number of aryl methyl sites for hydroxylation is 2. The number of pyridine rings is 1. The number of nitriles is 1. The number of nitrogens with zero attached hydrogens (tertiary/aromatic N) is 3. The number of imide groups is 1. The quantitative estimate of drug-likeness (QED) is 0.134. The van der Waals surface area contributed by atoms with Crippen LogP contribution in [0.5, 0.6) is 5.75 Å². The molecule has 0 radical (unpaired) electrons. The summed E-state index contributed by atoms with van der Waals surface area (Å²) in [6.07, 6.45) is -0.0708. The third kappa shape index (κ3) is 6.23. The predicted octanol–water partition coefficient (Wildman–Crippen LogP) is 5.71. The zero-order chi connectivity index (χ0) is 31.4. The molecule has 1 atom stereocenters. The molecule has 1 unspecified atom stereocenters. The Bertz CT molecular complexity index is 1810. The van der Waals surface area contributed by atoms with Crippen LogP contribution in [-0.4, -0.2) is 47.5 Å². The molecule has 0 spiro atoms. The van der Waals surface area contributed by atoms with E-state index in [0.717, 1.165) is 33.4 Å². The molecule has 1 aliphatic heterocycles. The lowest BCUT2D eigenvalue weighted by Gasteiger charge is -2.16. The second-order valence-electron chi connectivity index (χ2n) is 10.1. The van der Waals surface area contributed by atoms with Crippen LogP contribution in [-0.2, 0) is 14.3 Å². The number of carbonyl (C=O) groups is 4. The molecular weight excluding hydrogens is 578 g/mol. The lowest BCUT2D eigenvalue weighted by molar-refractivity contribution is -0.121. The molecule has 2 heterocycles. The molecule has 0 N–H and O–H groups in total. The van der Waals surface area contributed by atoms with Gasteiger partial charge in [0.2, 0.25) is 17.6 Å². The lowest BCUT2D eigenvalue weighted by Crippen LogP contribution is -2.31. The van der Waals surface area contributed by atoms with Gasteiger partial charge in [0.05, 0.1) is 40.4 Å². The molecule has 10 heteroatoms. The molecule has 1 aliphatic rings. The Hall–Kier alpha value is -5.27. The highest BCUT2D eigenvalue weighted by atomic mass is 32.2. The molecule has 1 fully saturated rings. The highest BCUT2D eigenvalue weighted by Crippen LogP contribution is 2.36. The first kappa shape index (κ1) is 30.2. The first-order chi connectivity index (χ1) is 21.2. The number of ether oxygens (including phenoxy) is 2. The van der Waals surface area contributed by atoms with Gasteiger partial charge in [0.25, 0.3) is 0 Å². The zero-order valence-electron chi connectivity index (χ0n) is 24.2. The maximum atomic E-state index is 13.4. The summed E-state index contributed by atoms with van der Waals surface area (Å²) < 4.78 is 10.4. The van der Waals surface area contributed by atoms with E-state index >= 15 is 0 Å². The Morgan fingerprint density at radius 1 is 1.02 bits per heavy atom.